The van der Waals surface area contributed by atoms with E-state index in [4.69, 9.17) is 4.74 Å². The first kappa shape index (κ1) is 12.1. The molecule has 2 aliphatic carbocycles. The van der Waals surface area contributed by atoms with Gasteiger partial charge >= 0.3 is 6.09 Å². The van der Waals surface area contributed by atoms with E-state index in [1.807, 2.05) is 0 Å². The van der Waals surface area contributed by atoms with Gasteiger partial charge < -0.3 is 14.9 Å². The summed E-state index contributed by atoms with van der Waals surface area (Å²) < 4.78 is 5.08. The summed E-state index contributed by atoms with van der Waals surface area (Å²) in [5, 5.41) is 22.4. The van der Waals surface area contributed by atoms with Gasteiger partial charge in [0.25, 0.3) is 0 Å². The average Bonchev–Trinajstić information content (AvgIpc) is 2.67. The van der Waals surface area contributed by atoms with E-state index in [-0.39, 0.29) is 12.1 Å². The molecule has 2 aliphatic rings. The lowest BCUT2D eigenvalue weighted by Gasteiger charge is -2.24. The zero-order valence-electron chi connectivity index (χ0n) is 10.2. The molecule has 2 atom stereocenters. The minimum atomic E-state index is -1.38. The van der Waals surface area contributed by atoms with Crippen molar-refractivity contribution in [1.29, 1.82) is 0 Å². The normalized spacial score (nSPS) is 34.8. The smallest absolute Gasteiger partial charge is 0.411 e. The number of rotatable bonds is 1. The van der Waals surface area contributed by atoms with Crippen molar-refractivity contribution in [2.75, 3.05) is 0 Å². The van der Waals surface area contributed by atoms with E-state index in [9.17, 15) is 15.0 Å². The number of alkyl carbamates (subject to hydrolysis) is 1. The van der Waals surface area contributed by atoms with Crippen LogP contribution in [0.4, 0.5) is 4.79 Å². The van der Waals surface area contributed by atoms with E-state index < -0.39 is 22.9 Å². The van der Waals surface area contributed by atoms with Gasteiger partial charge in [-0.25, -0.2) is 4.79 Å². The van der Waals surface area contributed by atoms with Gasteiger partial charge in [-0.15, -0.1) is 0 Å². The Hall–Kier alpha value is -1.33. The molecule has 0 aromatic heterocycles. The van der Waals surface area contributed by atoms with Crippen LogP contribution in [0.5, 0.6) is 0 Å². The molecule has 1 amide bonds. The maximum atomic E-state index is 11.5. The topological polar surface area (TPSA) is 78.8 Å². The van der Waals surface area contributed by atoms with Gasteiger partial charge in [-0.3, -0.25) is 5.32 Å². The maximum Gasteiger partial charge on any atom is 0.411 e. The minimum absolute atomic E-state index is 0.193. The molecule has 0 bridgehead atoms. The fourth-order valence-corrected chi connectivity index (χ4v) is 1.87. The molecule has 0 aromatic rings. The van der Waals surface area contributed by atoms with Crippen molar-refractivity contribution in [3.63, 3.8) is 0 Å². The molecular formula is C12H17NO4. The van der Waals surface area contributed by atoms with Gasteiger partial charge in [-0.1, -0.05) is 6.08 Å². The van der Waals surface area contributed by atoms with E-state index in [0.717, 1.165) is 0 Å². The van der Waals surface area contributed by atoms with E-state index in [2.05, 4.69) is 5.32 Å². The molecule has 0 aliphatic heterocycles. The molecule has 2 rings (SSSR count). The van der Waals surface area contributed by atoms with E-state index >= 15 is 0 Å². The Morgan fingerprint density at radius 1 is 1.47 bits per heavy atom. The Morgan fingerprint density at radius 3 is 2.71 bits per heavy atom. The standard InChI is InChI=1S/C12H17NO4/c1-10(2,3)17-9(14)13-8-5-4-6-11(15)7-12(8,11)16/h4-6,15-16H,7H2,1-3H3,(H,13,14). The third-order valence-corrected chi connectivity index (χ3v) is 2.83. The summed E-state index contributed by atoms with van der Waals surface area (Å²) in [6.45, 7) is 5.26. The van der Waals surface area contributed by atoms with Crippen molar-refractivity contribution < 1.29 is 19.7 Å². The van der Waals surface area contributed by atoms with Crippen molar-refractivity contribution in [2.45, 2.75) is 44.0 Å². The molecule has 0 aromatic carbocycles. The first-order chi connectivity index (χ1) is 7.66. The largest absolute Gasteiger partial charge is 0.444 e. The number of ether oxygens (including phenoxy) is 1. The van der Waals surface area contributed by atoms with Gasteiger partial charge in [0.05, 0.1) is 5.70 Å². The molecule has 0 spiro atoms. The number of fused-ring (bicyclic) bond motifs is 1. The van der Waals surface area contributed by atoms with Crippen LogP contribution >= 0.6 is 0 Å². The van der Waals surface area contributed by atoms with Crippen molar-refractivity contribution in [1.82, 2.24) is 5.32 Å². The van der Waals surface area contributed by atoms with Gasteiger partial charge in [0, 0.05) is 6.42 Å². The number of amides is 1. The monoisotopic (exact) mass is 239 g/mol. The lowest BCUT2D eigenvalue weighted by atomic mass is 10.1. The first-order valence-corrected chi connectivity index (χ1v) is 5.51. The lowest BCUT2D eigenvalue weighted by molar-refractivity contribution is 0.0444. The highest BCUT2D eigenvalue weighted by atomic mass is 16.6. The summed E-state index contributed by atoms with van der Waals surface area (Å²) in [6.07, 6.45) is 4.24. The van der Waals surface area contributed by atoms with Crippen LogP contribution in [0.15, 0.2) is 23.9 Å². The molecular weight excluding hydrogens is 222 g/mol. The predicted molar refractivity (Wildman–Crippen MR) is 61.1 cm³/mol. The van der Waals surface area contributed by atoms with Gasteiger partial charge in [0.15, 0.2) is 0 Å². The predicted octanol–water partition coefficient (Wildman–Crippen LogP) is 0.831. The van der Waals surface area contributed by atoms with Crippen LogP contribution in [0.2, 0.25) is 0 Å². The Labute approximate surface area is 99.8 Å². The molecule has 1 saturated carbocycles. The zero-order valence-corrected chi connectivity index (χ0v) is 10.2. The average molecular weight is 239 g/mol. The fraction of sp³-hybridized carbons (Fsp3) is 0.583. The summed E-state index contributed by atoms with van der Waals surface area (Å²) in [6, 6.07) is 0. The number of hydrogen-bond donors (Lipinski definition) is 3. The molecule has 94 valence electrons. The second-order valence-electron chi connectivity index (χ2n) is 5.53. The number of aliphatic hydroxyl groups is 2. The molecule has 2 unspecified atom stereocenters. The third-order valence-electron chi connectivity index (χ3n) is 2.83. The first-order valence-electron chi connectivity index (χ1n) is 5.51. The van der Waals surface area contributed by atoms with Gasteiger partial charge in [0.2, 0.25) is 0 Å². The highest BCUT2D eigenvalue weighted by Crippen LogP contribution is 2.54. The summed E-state index contributed by atoms with van der Waals surface area (Å²) >= 11 is 0. The molecule has 17 heavy (non-hydrogen) atoms. The number of carbonyl (C=O) groups excluding carboxylic acids is 1. The number of hydrogen-bond acceptors (Lipinski definition) is 4. The summed E-state index contributed by atoms with van der Waals surface area (Å²) in [5.41, 5.74) is -2.95. The molecule has 0 saturated heterocycles. The fourth-order valence-electron chi connectivity index (χ4n) is 1.87. The van der Waals surface area contributed by atoms with Crippen molar-refractivity contribution in [3.05, 3.63) is 23.9 Å². The van der Waals surface area contributed by atoms with Crippen LogP contribution in [0, 0.1) is 0 Å². The second-order valence-corrected chi connectivity index (χ2v) is 5.53. The zero-order chi connectivity index (χ0) is 12.9. The van der Waals surface area contributed by atoms with Crippen molar-refractivity contribution in [2.24, 2.45) is 0 Å². The Balaban J connectivity index is 2.04. The van der Waals surface area contributed by atoms with Crippen LogP contribution in [0.3, 0.4) is 0 Å². The third kappa shape index (κ3) is 2.08. The van der Waals surface area contributed by atoms with Crippen molar-refractivity contribution >= 4 is 6.09 Å². The van der Waals surface area contributed by atoms with Gasteiger partial charge in [-0.05, 0) is 32.9 Å². The van der Waals surface area contributed by atoms with Crippen molar-refractivity contribution in [3.8, 4) is 0 Å². The molecule has 3 N–H and O–H groups in total. The Morgan fingerprint density at radius 2 is 2.12 bits per heavy atom. The molecule has 5 heteroatoms. The SMILES string of the molecule is CC(C)(C)OC(=O)NC1=CC=CC2(O)CC12O. The number of nitrogens with one attached hydrogen (secondary N) is 1. The van der Waals surface area contributed by atoms with E-state index in [1.54, 1.807) is 32.9 Å². The molecule has 0 radical (unpaired) electrons. The van der Waals surface area contributed by atoms with E-state index in [0.29, 0.717) is 0 Å². The van der Waals surface area contributed by atoms with Crippen LogP contribution in [-0.4, -0.2) is 33.1 Å². The lowest BCUT2D eigenvalue weighted by Crippen LogP contribution is -2.40. The quantitative estimate of drug-likeness (QED) is 0.633. The van der Waals surface area contributed by atoms with Gasteiger partial charge in [-0.2, -0.15) is 0 Å². The van der Waals surface area contributed by atoms with Crippen LogP contribution < -0.4 is 5.32 Å². The second kappa shape index (κ2) is 3.34. The van der Waals surface area contributed by atoms with Crippen LogP contribution in [-0.2, 0) is 4.74 Å². The van der Waals surface area contributed by atoms with Gasteiger partial charge in [0.1, 0.15) is 16.8 Å². The minimum Gasteiger partial charge on any atom is -0.444 e. The highest BCUT2D eigenvalue weighted by molar-refractivity contribution is 5.72. The highest BCUT2D eigenvalue weighted by Gasteiger charge is 2.68. The summed E-state index contributed by atoms with van der Waals surface area (Å²) in [5.74, 6) is 0. The Bertz CT molecular complexity index is 421. The van der Waals surface area contributed by atoms with E-state index in [1.165, 1.54) is 6.08 Å². The van der Waals surface area contributed by atoms with Crippen LogP contribution in [0.25, 0.3) is 0 Å². The van der Waals surface area contributed by atoms with Crippen LogP contribution in [0.1, 0.15) is 27.2 Å². The summed E-state index contributed by atoms with van der Waals surface area (Å²) in [7, 11) is 0. The molecule has 1 fully saturated rings. The number of carbonyl (C=O) groups is 1. The summed E-state index contributed by atoms with van der Waals surface area (Å²) in [4.78, 5) is 11.5. The maximum absolute atomic E-state index is 11.5. The Kier molecular flexibility index (Phi) is 2.38. The molecule has 5 nitrogen and oxygen atoms in total. The molecule has 0 heterocycles. The number of allylic oxidation sites excluding steroid dienone is 2.